The second-order valence-corrected chi connectivity index (χ2v) is 11.2. The zero-order valence-corrected chi connectivity index (χ0v) is 24.9. The highest BCUT2D eigenvalue weighted by Gasteiger charge is 2.49. The highest BCUT2D eigenvalue weighted by atomic mass is 16.6. The molecular formula is C33H40N2O7. The quantitative estimate of drug-likeness (QED) is 0.291. The molecule has 1 saturated carbocycles. The van der Waals surface area contributed by atoms with Crippen molar-refractivity contribution in [2.45, 2.75) is 38.5 Å². The molecule has 5 atom stereocenters. The molecule has 1 fully saturated rings. The Balaban J connectivity index is 1.32. The third-order valence-electron chi connectivity index (χ3n) is 8.84. The van der Waals surface area contributed by atoms with Crippen LogP contribution in [0.1, 0.15) is 30.2 Å². The van der Waals surface area contributed by atoms with E-state index in [2.05, 4.69) is 22.9 Å². The third kappa shape index (κ3) is 6.17. The molecule has 0 spiro atoms. The number of aromatic nitrogens is 1. The molecule has 1 aliphatic carbocycles. The number of nitrogens with zero attached hydrogens (tertiary/aromatic N) is 1. The van der Waals surface area contributed by atoms with E-state index in [4.69, 9.17) is 23.7 Å². The number of fused-ring (bicyclic) bond motifs is 3. The van der Waals surface area contributed by atoms with Crippen LogP contribution in [0.2, 0.25) is 0 Å². The van der Waals surface area contributed by atoms with Crippen LogP contribution in [-0.4, -0.2) is 75.6 Å². The summed E-state index contributed by atoms with van der Waals surface area (Å²) < 4.78 is 27.6. The molecule has 42 heavy (non-hydrogen) atoms. The van der Waals surface area contributed by atoms with E-state index in [1.807, 2.05) is 36.4 Å². The second kappa shape index (κ2) is 13.0. The molecule has 9 heteroatoms. The van der Waals surface area contributed by atoms with E-state index >= 15 is 0 Å². The molecule has 224 valence electrons. The van der Waals surface area contributed by atoms with Gasteiger partial charge in [-0.15, -0.1) is 0 Å². The molecular weight excluding hydrogens is 536 g/mol. The summed E-state index contributed by atoms with van der Waals surface area (Å²) in [4.78, 5) is 32.0. The fourth-order valence-electron chi connectivity index (χ4n) is 6.61. The van der Waals surface area contributed by atoms with Gasteiger partial charge in [-0.25, -0.2) is 4.79 Å². The van der Waals surface area contributed by atoms with Crippen LogP contribution in [0.25, 0.3) is 17.0 Å². The molecule has 1 aliphatic heterocycles. The Morgan fingerprint density at radius 3 is 2.57 bits per heavy atom. The number of carbonyl (C=O) groups excluding carboxylic acids is 2. The number of H-pyrrole nitrogens is 1. The van der Waals surface area contributed by atoms with Gasteiger partial charge in [-0.05, 0) is 66.1 Å². The van der Waals surface area contributed by atoms with Crippen LogP contribution in [0, 0.1) is 17.8 Å². The summed E-state index contributed by atoms with van der Waals surface area (Å²) in [6, 6.07) is 13.6. The van der Waals surface area contributed by atoms with Gasteiger partial charge in [-0.1, -0.05) is 19.1 Å². The Bertz CT molecular complexity index is 1450. The highest BCUT2D eigenvalue weighted by molar-refractivity contribution is 5.87. The Morgan fingerprint density at radius 2 is 1.83 bits per heavy atom. The Morgan fingerprint density at radius 1 is 1.05 bits per heavy atom. The summed E-state index contributed by atoms with van der Waals surface area (Å²) in [6.45, 7) is 4.51. The number of benzene rings is 2. The summed E-state index contributed by atoms with van der Waals surface area (Å²) in [5, 5.41) is 1.24. The van der Waals surface area contributed by atoms with Crippen molar-refractivity contribution in [2.24, 2.45) is 17.8 Å². The molecule has 1 aromatic heterocycles. The van der Waals surface area contributed by atoms with E-state index in [1.54, 1.807) is 27.4 Å². The number of carbonyl (C=O) groups is 2. The fraction of sp³-hybridized carbons (Fsp3) is 0.455. The first-order valence-electron chi connectivity index (χ1n) is 14.4. The van der Waals surface area contributed by atoms with Crippen LogP contribution in [0.5, 0.6) is 11.5 Å². The number of ether oxygens (including phenoxy) is 5. The molecule has 2 aromatic carbocycles. The van der Waals surface area contributed by atoms with Crippen LogP contribution in [-0.2, 0) is 36.8 Å². The van der Waals surface area contributed by atoms with Crippen LogP contribution in [0.4, 0.5) is 0 Å². The Kier molecular flexibility index (Phi) is 9.18. The van der Waals surface area contributed by atoms with Crippen molar-refractivity contribution in [3.8, 4) is 11.5 Å². The van der Waals surface area contributed by atoms with E-state index in [0.717, 1.165) is 42.9 Å². The molecule has 0 saturated heterocycles. The SMILES string of the molecule is COC(=O)[C@H]1[C@@H](C)[C@@H](CN2CCc3c([nH]c4cc(OC)ccc34)C2)C[C@@H](OC(=O)/C=C/c2cccc(OC)c2)[C@@H]1OC. The zero-order chi connectivity index (χ0) is 29.8. The van der Waals surface area contributed by atoms with Gasteiger partial charge >= 0.3 is 11.9 Å². The number of hydrogen-bond donors (Lipinski definition) is 1. The highest BCUT2D eigenvalue weighted by Crippen LogP contribution is 2.40. The van der Waals surface area contributed by atoms with Gasteiger partial charge in [-0.2, -0.15) is 0 Å². The lowest BCUT2D eigenvalue weighted by atomic mass is 9.69. The monoisotopic (exact) mass is 576 g/mol. The average molecular weight is 577 g/mol. The number of methoxy groups -OCH3 is 4. The van der Waals surface area contributed by atoms with Gasteiger partial charge in [0.05, 0.1) is 27.2 Å². The smallest absolute Gasteiger partial charge is 0.331 e. The number of aromatic amines is 1. The third-order valence-corrected chi connectivity index (χ3v) is 8.84. The Labute approximate surface area is 246 Å². The molecule has 5 rings (SSSR count). The normalized spacial score (nSPS) is 24.4. The van der Waals surface area contributed by atoms with Gasteiger partial charge in [0, 0.05) is 55.5 Å². The van der Waals surface area contributed by atoms with Gasteiger partial charge < -0.3 is 28.7 Å². The molecule has 2 heterocycles. The van der Waals surface area contributed by atoms with Gasteiger partial charge in [0.2, 0.25) is 0 Å². The van der Waals surface area contributed by atoms with Crippen LogP contribution in [0.3, 0.4) is 0 Å². The standard InChI is InChI=1S/C33H40N2O7/c1-20-22(18-35-14-13-26-25-11-10-24(39-3)17-27(25)34-28(26)19-35)16-29(32(40-4)31(20)33(37)41-5)42-30(36)12-9-21-7-6-8-23(15-21)38-2/h6-12,15,17,20,22,29,31-32,34H,13-14,16,18-19H2,1-5H3/b12-9+/t20-,22+,29+,31-,32-/m0/s1. The molecule has 3 aromatic rings. The summed E-state index contributed by atoms with van der Waals surface area (Å²) >= 11 is 0. The fourth-order valence-corrected chi connectivity index (χ4v) is 6.61. The van der Waals surface area contributed by atoms with E-state index in [1.165, 1.54) is 29.8 Å². The maximum atomic E-state index is 13.0. The van der Waals surface area contributed by atoms with Crippen molar-refractivity contribution in [2.75, 3.05) is 41.5 Å². The first-order valence-corrected chi connectivity index (χ1v) is 14.4. The van der Waals surface area contributed by atoms with E-state index in [0.29, 0.717) is 12.2 Å². The molecule has 9 nitrogen and oxygen atoms in total. The number of hydrogen-bond acceptors (Lipinski definition) is 8. The van der Waals surface area contributed by atoms with E-state index in [9.17, 15) is 9.59 Å². The first-order chi connectivity index (χ1) is 20.3. The van der Waals surface area contributed by atoms with Crippen molar-refractivity contribution < 1.29 is 33.3 Å². The van der Waals surface area contributed by atoms with E-state index in [-0.39, 0.29) is 17.8 Å². The lowest BCUT2D eigenvalue weighted by molar-refractivity contribution is -0.180. The van der Waals surface area contributed by atoms with Crippen molar-refractivity contribution >= 4 is 28.9 Å². The minimum atomic E-state index is -0.602. The molecule has 2 aliphatic rings. The van der Waals surface area contributed by atoms with Crippen molar-refractivity contribution in [3.05, 3.63) is 65.4 Å². The largest absolute Gasteiger partial charge is 0.497 e. The van der Waals surface area contributed by atoms with Crippen LogP contribution < -0.4 is 9.47 Å². The first kappa shape index (κ1) is 29.7. The molecule has 0 amide bonds. The lowest BCUT2D eigenvalue weighted by Crippen LogP contribution is -2.54. The summed E-state index contributed by atoms with van der Waals surface area (Å²) in [6.07, 6.45) is 3.40. The molecule has 1 N–H and O–H groups in total. The van der Waals surface area contributed by atoms with Gasteiger partial charge in [0.15, 0.2) is 0 Å². The maximum absolute atomic E-state index is 13.0. The minimum Gasteiger partial charge on any atom is -0.497 e. The van der Waals surface area contributed by atoms with Crippen molar-refractivity contribution in [3.63, 3.8) is 0 Å². The summed E-state index contributed by atoms with van der Waals surface area (Å²) in [5.41, 5.74) is 4.45. The van der Waals surface area contributed by atoms with E-state index < -0.39 is 24.1 Å². The van der Waals surface area contributed by atoms with Crippen LogP contribution in [0.15, 0.2) is 48.5 Å². The van der Waals surface area contributed by atoms with Gasteiger partial charge in [0.25, 0.3) is 0 Å². The Hall–Kier alpha value is -3.82. The number of nitrogens with one attached hydrogen (secondary N) is 1. The molecule has 0 bridgehead atoms. The van der Waals surface area contributed by atoms with Gasteiger partial charge in [-0.3, -0.25) is 9.69 Å². The van der Waals surface area contributed by atoms with Crippen molar-refractivity contribution in [1.82, 2.24) is 9.88 Å². The summed E-state index contributed by atoms with van der Waals surface area (Å²) in [5.74, 6) is 0.196. The number of esters is 2. The molecule has 0 radical (unpaired) electrons. The minimum absolute atomic E-state index is 0.0296. The number of rotatable bonds is 9. The molecule has 0 unspecified atom stereocenters. The van der Waals surface area contributed by atoms with Crippen molar-refractivity contribution in [1.29, 1.82) is 0 Å². The summed E-state index contributed by atoms with van der Waals surface area (Å²) in [7, 11) is 6.22. The lowest BCUT2D eigenvalue weighted by Gasteiger charge is -2.45. The predicted molar refractivity (Wildman–Crippen MR) is 159 cm³/mol. The second-order valence-electron chi connectivity index (χ2n) is 11.2. The average Bonchev–Trinajstić information content (AvgIpc) is 3.37. The maximum Gasteiger partial charge on any atom is 0.331 e. The predicted octanol–water partition coefficient (Wildman–Crippen LogP) is 4.63. The topological polar surface area (TPSA) is 99.3 Å². The van der Waals surface area contributed by atoms with Crippen LogP contribution >= 0.6 is 0 Å². The van der Waals surface area contributed by atoms with Gasteiger partial charge in [0.1, 0.15) is 23.7 Å². The zero-order valence-electron chi connectivity index (χ0n) is 24.9.